The summed E-state index contributed by atoms with van der Waals surface area (Å²) in [6.45, 7) is 7.31. The van der Waals surface area contributed by atoms with Gasteiger partial charge in [0, 0.05) is 10.7 Å². The van der Waals surface area contributed by atoms with E-state index >= 15 is 0 Å². The molecule has 0 aliphatic heterocycles. The molecule has 2 aromatic rings. The van der Waals surface area contributed by atoms with Crippen molar-refractivity contribution in [2.24, 2.45) is 5.92 Å². The van der Waals surface area contributed by atoms with Crippen LogP contribution in [0.4, 0.5) is 10.8 Å². The van der Waals surface area contributed by atoms with Crippen LogP contribution in [-0.2, 0) is 4.79 Å². The number of aromatic nitrogens is 2. The van der Waals surface area contributed by atoms with Crippen molar-refractivity contribution in [2.45, 2.75) is 42.8 Å². The first kappa shape index (κ1) is 20.5. The third-order valence-electron chi connectivity index (χ3n) is 3.90. The molecule has 1 aromatic carbocycles. The topological polar surface area (TPSA) is 90.7 Å². The molecule has 1 aromatic heterocycles. The van der Waals surface area contributed by atoms with Gasteiger partial charge < -0.3 is 10.6 Å². The van der Waals surface area contributed by atoms with E-state index in [1.54, 1.807) is 26.0 Å². The van der Waals surface area contributed by atoms with E-state index in [0.29, 0.717) is 14.5 Å². The van der Waals surface area contributed by atoms with Crippen LogP contribution in [0.3, 0.4) is 0 Å². The van der Waals surface area contributed by atoms with Crippen LogP contribution in [0.25, 0.3) is 0 Å². The Morgan fingerprint density at radius 1 is 1.38 bits per heavy atom. The monoisotopic (exact) mass is 409 g/mol. The molecule has 0 saturated heterocycles. The average molecular weight is 410 g/mol. The Balaban J connectivity index is 1.97. The summed E-state index contributed by atoms with van der Waals surface area (Å²) < 4.78 is 0.667. The molecule has 0 fully saturated rings. The zero-order valence-electron chi connectivity index (χ0n) is 14.9. The van der Waals surface area contributed by atoms with Crippen LogP contribution in [0, 0.1) is 17.2 Å². The van der Waals surface area contributed by atoms with Gasteiger partial charge in [-0.25, -0.2) is 0 Å². The molecule has 6 nitrogen and oxygen atoms in total. The van der Waals surface area contributed by atoms with E-state index in [1.807, 2.05) is 26.0 Å². The second-order valence-corrected chi connectivity index (χ2v) is 9.23. The summed E-state index contributed by atoms with van der Waals surface area (Å²) >= 11 is 8.62. The van der Waals surface area contributed by atoms with Gasteiger partial charge in [-0.1, -0.05) is 54.6 Å². The van der Waals surface area contributed by atoms with E-state index in [4.69, 9.17) is 11.6 Å². The minimum absolute atomic E-state index is 0.00341. The Bertz CT molecular complexity index is 819. The van der Waals surface area contributed by atoms with E-state index in [0.717, 1.165) is 5.69 Å². The summed E-state index contributed by atoms with van der Waals surface area (Å²) in [6.07, 6.45) is 0. The first-order valence-electron chi connectivity index (χ1n) is 7.99. The van der Waals surface area contributed by atoms with Gasteiger partial charge in [-0.2, -0.15) is 5.26 Å². The van der Waals surface area contributed by atoms with E-state index < -0.39 is 10.8 Å². The van der Waals surface area contributed by atoms with Gasteiger partial charge in [0.15, 0.2) is 4.34 Å². The maximum atomic E-state index is 12.4. The molecule has 1 heterocycles. The van der Waals surface area contributed by atoms with Gasteiger partial charge in [-0.3, -0.25) is 4.79 Å². The van der Waals surface area contributed by atoms with Crippen LogP contribution in [0.1, 0.15) is 27.7 Å². The minimum Gasteiger partial charge on any atom is -0.337 e. The molecule has 0 spiro atoms. The zero-order valence-corrected chi connectivity index (χ0v) is 17.3. The lowest BCUT2D eigenvalue weighted by atomic mass is 9.90. The Morgan fingerprint density at radius 3 is 2.73 bits per heavy atom. The van der Waals surface area contributed by atoms with Gasteiger partial charge in [0.2, 0.25) is 11.0 Å². The summed E-state index contributed by atoms with van der Waals surface area (Å²) in [5, 5.41) is 24.3. The van der Waals surface area contributed by atoms with Crippen molar-refractivity contribution in [3.8, 4) is 6.07 Å². The summed E-state index contributed by atoms with van der Waals surface area (Å²) in [5.41, 5.74) is -0.0792. The smallest absolute Gasteiger partial charge is 0.234 e. The van der Waals surface area contributed by atoms with Gasteiger partial charge in [-0.05, 0) is 38.0 Å². The Labute approximate surface area is 166 Å². The number of benzene rings is 1. The molecule has 0 unspecified atom stereocenters. The first-order chi connectivity index (χ1) is 12.2. The Hall–Kier alpha value is -1.82. The highest BCUT2D eigenvalue weighted by atomic mass is 35.5. The van der Waals surface area contributed by atoms with Crippen molar-refractivity contribution >= 4 is 51.4 Å². The molecule has 9 heteroatoms. The predicted octanol–water partition coefficient (Wildman–Crippen LogP) is 4.47. The molecule has 2 N–H and O–H groups in total. The number of nitriles is 1. The maximum Gasteiger partial charge on any atom is 0.234 e. The summed E-state index contributed by atoms with van der Waals surface area (Å²) in [7, 11) is 0. The lowest BCUT2D eigenvalue weighted by Gasteiger charge is -2.28. The fourth-order valence-corrected chi connectivity index (χ4v) is 3.97. The van der Waals surface area contributed by atoms with Crippen molar-refractivity contribution in [1.29, 1.82) is 5.26 Å². The number of carbonyl (C=O) groups is 1. The molecule has 138 valence electrons. The number of carbonyl (C=O) groups excluding carboxylic acids is 1. The van der Waals surface area contributed by atoms with Crippen molar-refractivity contribution in [3.05, 3.63) is 29.3 Å². The van der Waals surface area contributed by atoms with Crippen LogP contribution in [0.5, 0.6) is 0 Å². The third kappa shape index (κ3) is 5.34. The Kier molecular flexibility index (Phi) is 6.87. The predicted molar refractivity (Wildman–Crippen MR) is 107 cm³/mol. The number of halogens is 1. The molecule has 2 rings (SSSR count). The molecule has 0 saturated carbocycles. The van der Waals surface area contributed by atoms with Gasteiger partial charge in [0.05, 0.1) is 11.3 Å². The quantitative estimate of drug-likeness (QED) is 0.655. The number of thioether (sulfide) groups is 1. The van der Waals surface area contributed by atoms with Gasteiger partial charge in [-0.15, -0.1) is 10.2 Å². The highest BCUT2D eigenvalue weighted by Gasteiger charge is 2.32. The van der Waals surface area contributed by atoms with Crippen LogP contribution >= 0.6 is 34.7 Å². The van der Waals surface area contributed by atoms with Crippen molar-refractivity contribution < 1.29 is 4.79 Å². The number of amides is 1. The molecule has 0 bridgehead atoms. The zero-order chi connectivity index (χ0) is 19.3. The number of hydrogen-bond acceptors (Lipinski definition) is 7. The summed E-state index contributed by atoms with van der Waals surface area (Å²) in [5.74, 6) is -0.198. The first-order valence-corrected chi connectivity index (χ1v) is 10.1. The SMILES string of the molecule is CC(C)[C@@](C)(C#N)NC(=O)[C@H](C)Sc1nnc(Nc2cccc(Cl)c2)s1. The Morgan fingerprint density at radius 2 is 2.12 bits per heavy atom. The molecule has 2 atom stereocenters. The van der Waals surface area contributed by atoms with Gasteiger partial charge in [0.25, 0.3) is 0 Å². The highest BCUT2D eigenvalue weighted by Crippen LogP contribution is 2.31. The van der Waals surface area contributed by atoms with Crippen LogP contribution in [0.2, 0.25) is 5.02 Å². The van der Waals surface area contributed by atoms with Crippen molar-refractivity contribution in [1.82, 2.24) is 15.5 Å². The lowest BCUT2D eigenvalue weighted by Crippen LogP contribution is -2.51. The number of anilines is 2. The molecule has 26 heavy (non-hydrogen) atoms. The minimum atomic E-state index is -0.897. The molecule has 0 radical (unpaired) electrons. The largest absolute Gasteiger partial charge is 0.337 e. The van der Waals surface area contributed by atoms with E-state index in [9.17, 15) is 10.1 Å². The number of nitrogens with one attached hydrogen (secondary N) is 2. The normalized spacial score (nSPS) is 14.3. The third-order valence-corrected chi connectivity index (χ3v) is 6.16. The lowest BCUT2D eigenvalue weighted by molar-refractivity contribution is -0.121. The second kappa shape index (κ2) is 8.71. The van der Waals surface area contributed by atoms with E-state index in [-0.39, 0.29) is 11.8 Å². The maximum absolute atomic E-state index is 12.4. The molecule has 0 aliphatic carbocycles. The highest BCUT2D eigenvalue weighted by molar-refractivity contribution is 8.02. The van der Waals surface area contributed by atoms with Crippen molar-refractivity contribution in [2.75, 3.05) is 5.32 Å². The average Bonchev–Trinajstić information content (AvgIpc) is 3.01. The fraction of sp³-hybridized carbons (Fsp3) is 0.412. The number of rotatable bonds is 7. The molecular weight excluding hydrogens is 390 g/mol. The number of hydrogen-bond donors (Lipinski definition) is 2. The van der Waals surface area contributed by atoms with Gasteiger partial charge in [0.1, 0.15) is 5.54 Å². The molecule has 1 amide bonds. The van der Waals surface area contributed by atoms with Crippen LogP contribution in [0.15, 0.2) is 28.6 Å². The number of nitrogens with zero attached hydrogens (tertiary/aromatic N) is 3. The van der Waals surface area contributed by atoms with Crippen LogP contribution < -0.4 is 10.6 Å². The molecular formula is C17H20ClN5OS2. The van der Waals surface area contributed by atoms with E-state index in [2.05, 4.69) is 26.9 Å². The standard InChI is InChI=1S/C17H20ClN5OS2/c1-10(2)17(4,9-19)21-14(24)11(3)25-16-23-22-15(26-16)20-13-7-5-6-12(18)8-13/h5-8,10-11H,1-4H3,(H,20,22)(H,21,24)/t11-,17+/m0/s1. The van der Waals surface area contributed by atoms with Crippen molar-refractivity contribution in [3.63, 3.8) is 0 Å². The van der Waals surface area contributed by atoms with Gasteiger partial charge >= 0.3 is 0 Å². The van der Waals surface area contributed by atoms with Crippen LogP contribution in [-0.4, -0.2) is 26.9 Å². The summed E-state index contributed by atoms with van der Waals surface area (Å²) in [4.78, 5) is 12.4. The summed E-state index contributed by atoms with van der Waals surface area (Å²) in [6, 6.07) is 9.48. The second-order valence-electron chi connectivity index (χ2n) is 6.23. The fourth-order valence-electron chi connectivity index (χ4n) is 1.86. The molecule has 0 aliphatic rings. The van der Waals surface area contributed by atoms with E-state index in [1.165, 1.54) is 23.1 Å².